The van der Waals surface area contributed by atoms with Gasteiger partial charge in [-0.15, -0.1) is 0 Å². The van der Waals surface area contributed by atoms with Gasteiger partial charge in [-0.2, -0.15) is 0 Å². The molecule has 0 saturated heterocycles. The predicted molar refractivity (Wildman–Crippen MR) is 87.1 cm³/mol. The summed E-state index contributed by atoms with van der Waals surface area (Å²) in [5.41, 5.74) is 1.08. The van der Waals surface area contributed by atoms with Crippen molar-refractivity contribution in [1.82, 2.24) is 4.90 Å². The van der Waals surface area contributed by atoms with Gasteiger partial charge < -0.3 is 10.2 Å². The van der Waals surface area contributed by atoms with Gasteiger partial charge in [0, 0.05) is 24.8 Å². The third-order valence-electron chi connectivity index (χ3n) is 3.47. The molecular formula is C18H18F2N2O2. The third kappa shape index (κ3) is 4.87. The number of carbonyl (C=O) groups excluding carboxylic acids is 2. The van der Waals surface area contributed by atoms with Gasteiger partial charge in [0.1, 0.15) is 6.42 Å². The molecule has 24 heavy (non-hydrogen) atoms. The summed E-state index contributed by atoms with van der Waals surface area (Å²) in [7, 11) is 0. The molecule has 0 aliphatic carbocycles. The van der Waals surface area contributed by atoms with Gasteiger partial charge in [0.15, 0.2) is 11.6 Å². The van der Waals surface area contributed by atoms with Gasteiger partial charge in [0.25, 0.3) is 0 Å². The van der Waals surface area contributed by atoms with Gasteiger partial charge in [-0.25, -0.2) is 8.78 Å². The minimum absolute atomic E-state index is 0.109. The molecule has 4 nitrogen and oxygen atoms in total. The fourth-order valence-corrected chi connectivity index (χ4v) is 2.21. The molecule has 2 amide bonds. The number of halogens is 2. The number of rotatable bonds is 6. The number of benzene rings is 2. The Balaban J connectivity index is 1.93. The Morgan fingerprint density at radius 2 is 1.75 bits per heavy atom. The summed E-state index contributed by atoms with van der Waals surface area (Å²) in [5, 5.41) is 2.39. The van der Waals surface area contributed by atoms with E-state index < -0.39 is 17.5 Å². The molecule has 0 unspecified atom stereocenters. The summed E-state index contributed by atoms with van der Waals surface area (Å²) >= 11 is 0. The molecule has 0 radical (unpaired) electrons. The van der Waals surface area contributed by atoms with Gasteiger partial charge in [-0.1, -0.05) is 30.3 Å². The summed E-state index contributed by atoms with van der Waals surface area (Å²) in [6, 6.07) is 12.5. The lowest BCUT2D eigenvalue weighted by molar-refractivity contribution is -0.134. The number of hydrogen-bond donors (Lipinski definition) is 1. The second-order valence-electron chi connectivity index (χ2n) is 5.25. The van der Waals surface area contributed by atoms with Crippen LogP contribution in [-0.4, -0.2) is 23.3 Å². The first-order valence-electron chi connectivity index (χ1n) is 7.56. The maximum absolute atomic E-state index is 13.1. The molecule has 6 heteroatoms. The van der Waals surface area contributed by atoms with E-state index in [2.05, 4.69) is 5.32 Å². The average molecular weight is 332 g/mol. The molecule has 0 spiro atoms. The molecule has 0 aliphatic heterocycles. The van der Waals surface area contributed by atoms with Gasteiger partial charge >= 0.3 is 0 Å². The molecule has 2 rings (SSSR count). The molecule has 0 saturated carbocycles. The van der Waals surface area contributed by atoms with E-state index in [4.69, 9.17) is 0 Å². The van der Waals surface area contributed by atoms with Crippen molar-refractivity contribution in [2.75, 3.05) is 11.9 Å². The van der Waals surface area contributed by atoms with Crippen LogP contribution in [0.2, 0.25) is 0 Å². The van der Waals surface area contributed by atoms with Crippen LogP contribution in [0.25, 0.3) is 0 Å². The van der Waals surface area contributed by atoms with Crippen molar-refractivity contribution >= 4 is 17.5 Å². The highest BCUT2D eigenvalue weighted by molar-refractivity contribution is 6.03. The van der Waals surface area contributed by atoms with Crippen LogP contribution in [0.3, 0.4) is 0 Å². The molecule has 1 N–H and O–H groups in total. The highest BCUT2D eigenvalue weighted by Gasteiger charge is 2.17. The molecule has 0 aromatic heterocycles. The summed E-state index contributed by atoms with van der Waals surface area (Å²) in [4.78, 5) is 25.7. The Labute approximate surface area is 139 Å². The molecule has 0 aliphatic rings. The van der Waals surface area contributed by atoms with E-state index in [1.54, 1.807) is 4.90 Å². The lowest BCUT2D eigenvalue weighted by atomic mass is 10.2. The van der Waals surface area contributed by atoms with Crippen molar-refractivity contribution in [3.8, 4) is 0 Å². The topological polar surface area (TPSA) is 49.4 Å². The lowest BCUT2D eigenvalue weighted by Gasteiger charge is -2.20. The van der Waals surface area contributed by atoms with Crippen molar-refractivity contribution in [2.45, 2.75) is 19.9 Å². The van der Waals surface area contributed by atoms with Crippen LogP contribution < -0.4 is 5.32 Å². The number of carbonyl (C=O) groups is 2. The largest absolute Gasteiger partial charge is 0.338 e. The summed E-state index contributed by atoms with van der Waals surface area (Å²) in [5.74, 6) is -2.96. The van der Waals surface area contributed by atoms with Crippen molar-refractivity contribution in [2.24, 2.45) is 0 Å². The van der Waals surface area contributed by atoms with Gasteiger partial charge in [-0.05, 0) is 24.6 Å². The molecular weight excluding hydrogens is 314 g/mol. The minimum atomic E-state index is -1.06. The molecule has 0 fully saturated rings. The van der Waals surface area contributed by atoms with E-state index in [-0.39, 0.29) is 18.0 Å². The number of anilines is 1. The average Bonchev–Trinajstić information content (AvgIpc) is 2.56. The maximum Gasteiger partial charge on any atom is 0.233 e. The molecule has 0 atom stereocenters. The zero-order valence-electron chi connectivity index (χ0n) is 13.3. The zero-order valence-corrected chi connectivity index (χ0v) is 13.3. The third-order valence-corrected chi connectivity index (χ3v) is 3.47. The Hall–Kier alpha value is -2.76. The standard InChI is InChI=1S/C18H18F2N2O2/c1-2-22(12-13-6-4-3-5-7-13)18(24)11-17(23)21-14-8-9-15(19)16(20)10-14/h3-10H,2,11-12H2,1H3,(H,21,23). The minimum Gasteiger partial charge on any atom is -0.338 e. The number of hydrogen-bond acceptors (Lipinski definition) is 2. The smallest absolute Gasteiger partial charge is 0.233 e. The van der Waals surface area contributed by atoms with Crippen LogP contribution in [-0.2, 0) is 16.1 Å². The second-order valence-corrected chi connectivity index (χ2v) is 5.25. The van der Waals surface area contributed by atoms with E-state index in [1.807, 2.05) is 37.3 Å². The van der Waals surface area contributed by atoms with Crippen molar-refractivity contribution in [3.05, 3.63) is 65.7 Å². The van der Waals surface area contributed by atoms with Crippen molar-refractivity contribution in [3.63, 3.8) is 0 Å². The molecule has 0 bridgehead atoms. The molecule has 2 aromatic rings. The fourth-order valence-electron chi connectivity index (χ4n) is 2.21. The van der Waals surface area contributed by atoms with Crippen LogP contribution >= 0.6 is 0 Å². The van der Waals surface area contributed by atoms with Gasteiger partial charge in [0.05, 0.1) is 0 Å². The first-order chi connectivity index (χ1) is 11.5. The van der Waals surface area contributed by atoms with Crippen LogP contribution in [0.15, 0.2) is 48.5 Å². The fraction of sp³-hybridized carbons (Fsp3) is 0.222. The molecule has 126 valence electrons. The monoisotopic (exact) mass is 332 g/mol. The van der Waals surface area contributed by atoms with E-state index in [9.17, 15) is 18.4 Å². The zero-order chi connectivity index (χ0) is 17.5. The summed E-state index contributed by atoms with van der Waals surface area (Å²) in [6.07, 6.45) is -0.361. The SMILES string of the molecule is CCN(Cc1ccccc1)C(=O)CC(=O)Nc1ccc(F)c(F)c1. The Morgan fingerprint density at radius 3 is 2.38 bits per heavy atom. The highest BCUT2D eigenvalue weighted by Crippen LogP contribution is 2.13. The lowest BCUT2D eigenvalue weighted by Crippen LogP contribution is -2.33. The molecule has 0 heterocycles. The normalized spacial score (nSPS) is 10.3. The summed E-state index contributed by atoms with van der Waals surface area (Å²) < 4.78 is 26.0. The Kier molecular flexibility index (Phi) is 6.01. The molecule has 2 aromatic carbocycles. The van der Waals surface area contributed by atoms with Gasteiger partial charge in [-0.3, -0.25) is 9.59 Å². The van der Waals surface area contributed by atoms with E-state index in [1.165, 1.54) is 6.07 Å². The van der Waals surface area contributed by atoms with Crippen molar-refractivity contribution < 1.29 is 18.4 Å². The predicted octanol–water partition coefficient (Wildman–Crippen LogP) is 3.34. The van der Waals surface area contributed by atoms with E-state index in [0.717, 1.165) is 17.7 Å². The second kappa shape index (κ2) is 8.19. The van der Waals surface area contributed by atoms with Crippen LogP contribution in [0, 0.1) is 11.6 Å². The summed E-state index contributed by atoms with van der Waals surface area (Å²) in [6.45, 7) is 2.70. The van der Waals surface area contributed by atoms with Gasteiger partial charge in [0.2, 0.25) is 11.8 Å². The number of amides is 2. The maximum atomic E-state index is 13.1. The Morgan fingerprint density at radius 1 is 1.04 bits per heavy atom. The highest BCUT2D eigenvalue weighted by atomic mass is 19.2. The first kappa shape index (κ1) is 17.6. The first-order valence-corrected chi connectivity index (χ1v) is 7.56. The van der Waals surface area contributed by atoms with E-state index >= 15 is 0 Å². The number of nitrogens with zero attached hydrogens (tertiary/aromatic N) is 1. The van der Waals surface area contributed by atoms with E-state index in [0.29, 0.717) is 13.1 Å². The number of nitrogens with one attached hydrogen (secondary N) is 1. The van der Waals surface area contributed by atoms with Crippen LogP contribution in [0.1, 0.15) is 18.9 Å². The van der Waals surface area contributed by atoms with Crippen LogP contribution in [0.4, 0.5) is 14.5 Å². The van der Waals surface area contributed by atoms with Crippen LogP contribution in [0.5, 0.6) is 0 Å². The quantitative estimate of drug-likeness (QED) is 0.825. The van der Waals surface area contributed by atoms with Crippen molar-refractivity contribution in [1.29, 1.82) is 0 Å². The Bertz CT molecular complexity index is 720.